The normalized spacial score (nSPS) is 10.4. The molecule has 0 aliphatic rings. The summed E-state index contributed by atoms with van der Waals surface area (Å²) in [5.74, 6) is 1.35. The fraction of sp³-hybridized carbons (Fsp3) is 0.500. The number of amides is 1. The molecule has 5 nitrogen and oxygen atoms in total. The lowest BCUT2D eigenvalue weighted by Gasteiger charge is -2.13. The maximum Gasteiger partial charge on any atom is 0.253 e. The number of rotatable bonds is 6. The molecule has 0 saturated carbocycles. The second-order valence-corrected chi connectivity index (χ2v) is 4.73. The molecule has 0 heterocycles. The molecule has 0 unspecified atom stereocenters. The van der Waals surface area contributed by atoms with Crippen LogP contribution in [0.5, 0.6) is 11.5 Å². The summed E-state index contributed by atoms with van der Waals surface area (Å²) in [6, 6.07) is 3.19. The highest BCUT2D eigenvalue weighted by Gasteiger charge is 2.14. The van der Waals surface area contributed by atoms with E-state index in [2.05, 4.69) is 19.2 Å². The molecule has 106 valence electrons. The molecule has 0 atom stereocenters. The molecule has 0 spiro atoms. The molecule has 19 heavy (non-hydrogen) atoms. The molecule has 0 fully saturated rings. The Morgan fingerprint density at radius 3 is 2.37 bits per heavy atom. The highest BCUT2D eigenvalue weighted by molar-refractivity contribution is 6.00. The summed E-state index contributed by atoms with van der Waals surface area (Å²) in [7, 11) is 3.05. The van der Waals surface area contributed by atoms with Crippen LogP contribution < -0.4 is 20.5 Å². The summed E-state index contributed by atoms with van der Waals surface area (Å²) >= 11 is 0. The van der Waals surface area contributed by atoms with Crippen LogP contribution in [0.25, 0.3) is 0 Å². The van der Waals surface area contributed by atoms with Gasteiger partial charge in [0.25, 0.3) is 5.91 Å². The second-order valence-electron chi connectivity index (χ2n) is 4.73. The van der Waals surface area contributed by atoms with Crippen LogP contribution in [0.4, 0.5) is 5.69 Å². The zero-order valence-corrected chi connectivity index (χ0v) is 11.9. The first kappa shape index (κ1) is 15.1. The van der Waals surface area contributed by atoms with Crippen LogP contribution in [0.3, 0.4) is 0 Å². The zero-order valence-electron chi connectivity index (χ0n) is 11.9. The van der Waals surface area contributed by atoms with E-state index >= 15 is 0 Å². The van der Waals surface area contributed by atoms with Gasteiger partial charge in [-0.2, -0.15) is 0 Å². The van der Waals surface area contributed by atoms with E-state index in [1.54, 1.807) is 12.1 Å². The van der Waals surface area contributed by atoms with E-state index in [1.807, 2.05) is 0 Å². The van der Waals surface area contributed by atoms with Gasteiger partial charge in [0.2, 0.25) is 0 Å². The third-order valence-electron chi connectivity index (χ3n) is 2.81. The number of benzene rings is 1. The molecule has 0 aromatic heterocycles. The number of anilines is 1. The van der Waals surface area contributed by atoms with E-state index in [9.17, 15) is 4.79 Å². The van der Waals surface area contributed by atoms with E-state index in [4.69, 9.17) is 15.2 Å². The first-order chi connectivity index (χ1) is 8.99. The average Bonchev–Trinajstić information content (AvgIpc) is 2.37. The van der Waals surface area contributed by atoms with Gasteiger partial charge >= 0.3 is 0 Å². The van der Waals surface area contributed by atoms with Crippen LogP contribution in [0.2, 0.25) is 0 Å². The summed E-state index contributed by atoms with van der Waals surface area (Å²) < 4.78 is 10.3. The first-order valence-corrected chi connectivity index (χ1v) is 6.29. The Hall–Kier alpha value is -1.91. The molecule has 5 heteroatoms. The van der Waals surface area contributed by atoms with Crippen LogP contribution in [0, 0.1) is 5.92 Å². The van der Waals surface area contributed by atoms with Gasteiger partial charge in [0.15, 0.2) is 11.5 Å². The predicted octanol–water partition coefficient (Wildman–Crippen LogP) is 2.06. The minimum Gasteiger partial charge on any atom is -0.493 e. The Balaban J connectivity index is 2.85. The number of carbonyl (C=O) groups is 1. The monoisotopic (exact) mass is 266 g/mol. The molecule has 1 amide bonds. The minimum absolute atomic E-state index is 0.195. The van der Waals surface area contributed by atoms with Crippen LogP contribution in [0.1, 0.15) is 30.6 Å². The van der Waals surface area contributed by atoms with Gasteiger partial charge < -0.3 is 20.5 Å². The molecule has 1 rings (SSSR count). The summed E-state index contributed by atoms with van der Waals surface area (Å²) in [5, 5.41) is 2.84. The van der Waals surface area contributed by atoms with Crippen LogP contribution >= 0.6 is 0 Å². The highest BCUT2D eigenvalue weighted by atomic mass is 16.5. The fourth-order valence-electron chi connectivity index (χ4n) is 1.66. The molecule has 0 bridgehead atoms. The molecule has 1 aromatic carbocycles. The molecule has 0 saturated heterocycles. The van der Waals surface area contributed by atoms with Crippen LogP contribution in [-0.4, -0.2) is 26.7 Å². The van der Waals surface area contributed by atoms with Crippen molar-refractivity contribution in [2.75, 3.05) is 26.5 Å². The molecule has 0 aliphatic carbocycles. The maximum absolute atomic E-state index is 12.0. The molecule has 3 N–H and O–H groups in total. The predicted molar refractivity (Wildman–Crippen MR) is 75.7 cm³/mol. The maximum atomic E-state index is 12.0. The van der Waals surface area contributed by atoms with Gasteiger partial charge in [-0.25, -0.2) is 0 Å². The quantitative estimate of drug-likeness (QED) is 0.773. The number of nitrogen functional groups attached to an aromatic ring is 1. The Morgan fingerprint density at radius 1 is 1.26 bits per heavy atom. The average molecular weight is 266 g/mol. The third kappa shape index (κ3) is 4.05. The third-order valence-corrected chi connectivity index (χ3v) is 2.81. The molecule has 0 aliphatic heterocycles. The van der Waals surface area contributed by atoms with E-state index in [-0.39, 0.29) is 5.91 Å². The summed E-state index contributed by atoms with van der Waals surface area (Å²) in [6.07, 6.45) is 0.929. The molecular formula is C14H22N2O3. The van der Waals surface area contributed by atoms with Crippen molar-refractivity contribution in [3.63, 3.8) is 0 Å². The zero-order chi connectivity index (χ0) is 14.4. The van der Waals surface area contributed by atoms with Crippen LogP contribution in [-0.2, 0) is 0 Å². The van der Waals surface area contributed by atoms with Gasteiger partial charge in [0.1, 0.15) is 0 Å². The Labute approximate surface area is 114 Å². The van der Waals surface area contributed by atoms with Crippen molar-refractivity contribution >= 4 is 11.6 Å². The van der Waals surface area contributed by atoms with Crippen molar-refractivity contribution < 1.29 is 14.3 Å². The lowest BCUT2D eigenvalue weighted by Crippen LogP contribution is -2.26. The van der Waals surface area contributed by atoms with Gasteiger partial charge in [-0.05, 0) is 18.4 Å². The van der Waals surface area contributed by atoms with Crippen molar-refractivity contribution in [3.05, 3.63) is 17.7 Å². The van der Waals surface area contributed by atoms with Crippen molar-refractivity contribution in [3.8, 4) is 11.5 Å². The van der Waals surface area contributed by atoms with Gasteiger partial charge in [0.05, 0.1) is 19.8 Å². The largest absolute Gasteiger partial charge is 0.493 e. The molecular weight excluding hydrogens is 244 g/mol. The lowest BCUT2D eigenvalue weighted by molar-refractivity contribution is 0.0952. The summed E-state index contributed by atoms with van der Waals surface area (Å²) in [5.41, 5.74) is 6.64. The number of ether oxygens (including phenoxy) is 2. The standard InChI is InChI=1S/C14H22N2O3/c1-9(2)5-6-16-14(17)10-7-12(18-3)13(19-4)8-11(10)15/h7-9H,5-6,15H2,1-4H3,(H,16,17). The van der Waals surface area contributed by atoms with Crippen molar-refractivity contribution in [2.24, 2.45) is 5.92 Å². The number of methoxy groups -OCH3 is 2. The summed E-state index contributed by atoms with van der Waals surface area (Å²) in [4.78, 5) is 12.0. The second kappa shape index (κ2) is 6.87. The Bertz CT molecular complexity index is 445. The minimum atomic E-state index is -0.195. The van der Waals surface area contributed by atoms with Crippen molar-refractivity contribution in [1.82, 2.24) is 5.32 Å². The Morgan fingerprint density at radius 2 is 1.84 bits per heavy atom. The lowest BCUT2D eigenvalue weighted by atomic mass is 10.1. The van der Waals surface area contributed by atoms with E-state index in [1.165, 1.54) is 14.2 Å². The number of hydrogen-bond acceptors (Lipinski definition) is 4. The fourth-order valence-corrected chi connectivity index (χ4v) is 1.66. The topological polar surface area (TPSA) is 73.6 Å². The first-order valence-electron chi connectivity index (χ1n) is 6.29. The Kier molecular flexibility index (Phi) is 5.48. The molecule has 1 aromatic rings. The van der Waals surface area contributed by atoms with Gasteiger partial charge in [-0.1, -0.05) is 13.8 Å². The number of hydrogen-bond donors (Lipinski definition) is 2. The molecule has 0 radical (unpaired) electrons. The smallest absolute Gasteiger partial charge is 0.253 e. The van der Waals surface area contributed by atoms with Gasteiger partial charge in [-0.3, -0.25) is 4.79 Å². The van der Waals surface area contributed by atoms with E-state index in [0.29, 0.717) is 35.2 Å². The van der Waals surface area contributed by atoms with E-state index < -0.39 is 0 Å². The van der Waals surface area contributed by atoms with Crippen molar-refractivity contribution in [2.45, 2.75) is 20.3 Å². The number of carbonyl (C=O) groups excluding carboxylic acids is 1. The number of nitrogens with two attached hydrogens (primary N) is 1. The van der Waals surface area contributed by atoms with Gasteiger partial charge in [0, 0.05) is 18.3 Å². The highest BCUT2D eigenvalue weighted by Crippen LogP contribution is 2.31. The number of nitrogens with one attached hydrogen (secondary N) is 1. The van der Waals surface area contributed by atoms with Crippen molar-refractivity contribution in [1.29, 1.82) is 0 Å². The SMILES string of the molecule is COc1cc(N)c(C(=O)NCCC(C)C)cc1OC. The summed E-state index contributed by atoms with van der Waals surface area (Å²) in [6.45, 7) is 4.85. The van der Waals surface area contributed by atoms with Gasteiger partial charge in [-0.15, -0.1) is 0 Å². The van der Waals surface area contributed by atoms with Crippen LogP contribution in [0.15, 0.2) is 12.1 Å². The van der Waals surface area contributed by atoms with E-state index in [0.717, 1.165) is 6.42 Å².